The molecule has 14 heavy (non-hydrogen) atoms. The van der Waals surface area contributed by atoms with E-state index in [1.54, 1.807) is 16.8 Å². The number of fused-ring (bicyclic) bond motifs is 1. The van der Waals surface area contributed by atoms with E-state index in [1.807, 2.05) is 0 Å². The van der Waals surface area contributed by atoms with Crippen molar-refractivity contribution < 1.29 is 9.59 Å². The van der Waals surface area contributed by atoms with Crippen molar-refractivity contribution >= 4 is 11.7 Å². The predicted molar refractivity (Wildman–Crippen MR) is 50.9 cm³/mol. The third kappa shape index (κ3) is 1.43. The quantitative estimate of drug-likeness (QED) is 0.741. The van der Waals surface area contributed by atoms with Crippen molar-refractivity contribution in [3.8, 4) is 0 Å². The molecule has 0 spiro atoms. The lowest BCUT2D eigenvalue weighted by atomic mass is 9.97. The van der Waals surface area contributed by atoms with Crippen LogP contribution in [0.5, 0.6) is 0 Å². The molecule has 0 radical (unpaired) electrons. The average molecular weight is 192 g/mol. The van der Waals surface area contributed by atoms with Gasteiger partial charge in [0.05, 0.1) is 0 Å². The van der Waals surface area contributed by atoms with Crippen LogP contribution in [0.4, 0.5) is 0 Å². The van der Waals surface area contributed by atoms with E-state index >= 15 is 0 Å². The maximum absolute atomic E-state index is 11.5. The summed E-state index contributed by atoms with van der Waals surface area (Å²) in [6.07, 6.45) is 4.11. The Balaban J connectivity index is 2.35. The van der Waals surface area contributed by atoms with Gasteiger partial charge in [0.2, 0.25) is 5.91 Å². The zero-order chi connectivity index (χ0) is 10.1. The number of Topliss-reactive ketones (excluding diaryl/α,β-unsaturated/α-hetero) is 1. The minimum absolute atomic E-state index is 0.169. The fourth-order valence-electron chi connectivity index (χ4n) is 1.90. The van der Waals surface area contributed by atoms with Crippen LogP contribution in [-0.2, 0) is 17.8 Å². The highest BCUT2D eigenvalue weighted by Crippen LogP contribution is 2.21. The maximum Gasteiger partial charge on any atom is 0.237 e. The number of carbonyl (C=O) groups excluding carboxylic acids is 2. The van der Waals surface area contributed by atoms with Crippen LogP contribution in [0.1, 0.15) is 28.9 Å². The largest absolute Gasteiger partial charge is 0.368 e. The summed E-state index contributed by atoms with van der Waals surface area (Å²) in [4.78, 5) is 22.2. The molecule has 4 nitrogen and oxygen atoms in total. The SMILES string of the molecule is NC(=O)Cn1ccc2c1CCCC2=O. The van der Waals surface area contributed by atoms with Crippen molar-refractivity contribution in [2.24, 2.45) is 5.73 Å². The monoisotopic (exact) mass is 192 g/mol. The zero-order valence-corrected chi connectivity index (χ0v) is 7.82. The molecule has 0 atom stereocenters. The van der Waals surface area contributed by atoms with Gasteiger partial charge >= 0.3 is 0 Å². The van der Waals surface area contributed by atoms with Gasteiger partial charge in [-0.2, -0.15) is 0 Å². The molecule has 2 N–H and O–H groups in total. The Bertz CT molecular complexity index is 393. The molecule has 0 saturated carbocycles. The number of rotatable bonds is 2. The highest BCUT2D eigenvalue weighted by molar-refractivity contribution is 5.98. The Morgan fingerprint density at radius 1 is 1.50 bits per heavy atom. The second-order valence-electron chi connectivity index (χ2n) is 3.55. The van der Waals surface area contributed by atoms with Gasteiger partial charge in [-0.05, 0) is 18.9 Å². The summed E-state index contributed by atoms with van der Waals surface area (Å²) in [5.41, 5.74) is 6.83. The summed E-state index contributed by atoms with van der Waals surface area (Å²) in [5.74, 6) is -0.198. The minimum atomic E-state index is -0.374. The third-order valence-electron chi connectivity index (χ3n) is 2.52. The number of primary amides is 1. The standard InChI is InChI=1S/C10H12N2O2/c11-10(14)6-12-5-4-7-8(12)2-1-3-9(7)13/h4-5H,1-3,6H2,(H2,11,14). The molecule has 1 aliphatic rings. The maximum atomic E-state index is 11.5. The van der Waals surface area contributed by atoms with E-state index in [0.29, 0.717) is 6.42 Å². The number of carbonyl (C=O) groups is 2. The Hall–Kier alpha value is -1.58. The highest BCUT2D eigenvalue weighted by atomic mass is 16.1. The molecule has 0 saturated heterocycles. The molecule has 0 bridgehead atoms. The molecule has 0 fully saturated rings. The molecular weight excluding hydrogens is 180 g/mol. The number of hydrogen-bond acceptors (Lipinski definition) is 2. The number of amides is 1. The fraction of sp³-hybridized carbons (Fsp3) is 0.400. The van der Waals surface area contributed by atoms with Gasteiger partial charge in [0, 0.05) is 23.9 Å². The van der Waals surface area contributed by atoms with E-state index in [2.05, 4.69) is 0 Å². The van der Waals surface area contributed by atoms with Crippen molar-refractivity contribution in [2.75, 3.05) is 0 Å². The van der Waals surface area contributed by atoms with E-state index in [9.17, 15) is 9.59 Å². The Morgan fingerprint density at radius 3 is 3.00 bits per heavy atom. The Morgan fingerprint density at radius 2 is 2.29 bits per heavy atom. The molecule has 4 heteroatoms. The van der Waals surface area contributed by atoms with Crippen LogP contribution < -0.4 is 5.73 Å². The molecule has 0 aliphatic heterocycles. The van der Waals surface area contributed by atoms with Gasteiger partial charge < -0.3 is 10.3 Å². The fourth-order valence-corrected chi connectivity index (χ4v) is 1.90. The van der Waals surface area contributed by atoms with Crippen molar-refractivity contribution in [1.82, 2.24) is 4.57 Å². The molecule has 0 unspecified atom stereocenters. The Labute approximate surface area is 81.7 Å². The zero-order valence-electron chi connectivity index (χ0n) is 7.82. The van der Waals surface area contributed by atoms with Gasteiger partial charge in [0.25, 0.3) is 0 Å². The molecule has 74 valence electrons. The van der Waals surface area contributed by atoms with Gasteiger partial charge in [-0.25, -0.2) is 0 Å². The summed E-state index contributed by atoms with van der Waals surface area (Å²) < 4.78 is 1.77. The van der Waals surface area contributed by atoms with Crippen molar-refractivity contribution in [2.45, 2.75) is 25.8 Å². The van der Waals surface area contributed by atoms with E-state index in [1.165, 1.54) is 0 Å². The van der Waals surface area contributed by atoms with Crippen LogP contribution in [0.15, 0.2) is 12.3 Å². The van der Waals surface area contributed by atoms with Crippen molar-refractivity contribution in [1.29, 1.82) is 0 Å². The number of nitrogens with zero attached hydrogens (tertiary/aromatic N) is 1. The van der Waals surface area contributed by atoms with Crippen molar-refractivity contribution in [3.63, 3.8) is 0 Å². The van der Waals surface area contributed by atoms with Crippen LogP contribution >= 0.6 is 0 Å². The number of aromatic nitrogens is 1. The molecule has 0 aromatic carbocycles. The summed E-state index contributed by atoms with van der Waals surface area (Å²) in [5, 5.41) is 0. The normalized spacial score (nSPS) is 15.3. The Kier molecular flexibility index (Phi) is 2.11. The topological polar surface area (TPSA) is 65.1 Å². The predicted octanol–water partition coefficient (Wildman–Crippen LogP) is 0.492. The lowest BCUT2D eigenvalue weighted by Crippen LogP contribution is -2.21. The molecule has 1 heterocycles. The number of ketones is 1. The summed E-state index contributed by atoms with van der Waals surface area (Å²) in [6, 6.07) is 1.78. The average Bonchev–Trinajstić information content (AvgIpc) is 2.49. The second kappa shape index (κ2) is 3.29. The van der Waals surface area contributed by atoms with E-state index < -0.39 is 0 Å². The van der Waals surface area contributed by atoms with Crippen molar-refractivity contribution in [3.05, 3.63) is 23.5 Å². The van der Waals surface area contributed by atoms with E-state index in [-0.39, 0.29) is 18.2 Å². The lowest BCUT2D eigenvalue weighted by Gasteiger charge is -2.13. The lowest BCUT2D eigenvalue weighted by molar-refractivity contribution is -0.118. The molecule has 2 rings (SSSR count). The third-order valence-corrected chi connectivity index (χ3v) is 2.52. The van der Waals surface area contributed by atoms with Gasteiger partial charge in [-0.15, -0.1) is 0 Å². The van der Waals surface area contributed by atoms with Gasteiger partial charge in [0.1, 0.15) is 6.54 Å². The molecule has 1 aromatic rings. The van der Waals surface area contributed by atoms with Gasteiger partial charge in [-0.1, -0.05) is 0 Å². The summed E-state index contributed by atoms with van der Waals surface area (Å²) in [7, 11) is 0. The summed E-state index contributed by atoms with van der Waals surface area (Å²) in [6.45, 7) is 0.169. The van der Waals surface area contributed by atoms with E-state index in [0.717, 1.165) is 24.1 Å². The minimum Gasteiger partial charge on any atom is -0.368 e. The van der Waals surface area contributed by atoms with Crippen LogP contribution in [-0.4, -0.2) is 16.3 Å². The smallest absolute Gasteiger partial charge is 0.237 e. The second-order valence-corrected chi connectivity index (χ2v) is 3.55. The summed E-state index contributed by atoms with van der Waals surface area (Å²) >= 11 is 0. The van der Waals surface area contributed by atoms with E-state index in [4.69, 9.17) is 5.73 Å². The van der Waals surface area contributed by atoms with Gasteiger partial charge in [-0.3, -0.25) is 9.59 Å². The number of nitrogens with two attached hydrogens (primary N) is 1. The highest BCUT2D eigenvalue weighted by Gasteiger charge is 2.20. The van der Waals surface area contributed by atoms with Crippen LogP contribution in [0.25, 0.3) is 0 Å². The van der Waals surface area contributed by atoms with Crippen LogP contribution in [0.3, 0.4) is 0 Å². The molecule has 1 aliphatic carbocycles. The van der Waals surface area contributed by atoms with Gasteiger partial charge in [0.15, 0.2) is 5.78 Å². The first-order valence-corrected chi connectivity index (χ1v) is 4.68. The molecule has 1 amide bonds. The van der Waals surface area contributed by atoms with Crippen LogP contribution in [0.2, 0.25) is 0 Å². The first-order chi connectivity index (χ1) is 6.68. The first kappa shape index (κ1) is 8.99. The van der Waals surface area contributed by atoms with Crippen LogP contribution in [0, 0.1) is 0 Å². The molecular formula is C10H12N2O2. The molecule has 1 aromatic heterocycles. The number of hydrogen-bond donors (Lipinski definition) is 1. The first-order valence-electron chi connectivity index (χ1n) is 4.68.